The van der Waals surface area contributed by atoms with Gasteiger partial charge in [-0.15, -0.1) is 0 Å². The van der Waals surface area contributed by atoms with Crippen LogP contribution in [0.4, 0.5) is 0 Å². The fraction of sp³-hybridized carbons (Fsp3) is 0.700. The fourth-order valence-corrected chi connectivity index (χ4v) is 5.57. The molecule has 3 aliphatic rings. The zero-order valence-electron chi connectivity index (χ0n) is 13.3. The molecular formula is C20H29N. The zero-order chi connectivity index (χ0) is 14.1. The van der Waals surface area contributed by atoms with Crippen LogP contribution >= 0.6 is 0 Å². The molecule has 1 aromatic carbocycles. The summed E-state index contributed by atoms with van der Waals surface area (Å²) >= 11 is 0. The Balaban J connectivity index is 1.34. The van der Waals surface area contributed by atoms with Crippen molar-refractivity contribution in [3.8, 4) is 0 Å². The van der Waals surface area contributed by atoms with Crippen molar-refractivity contribution in [2.24, 2.45) is 11.8 Å². The minimum absolute atomic E-state index is 0.678. The first kappa shape index (κ1) is 13.8. The number of hydrogen-bond acceptors (Lipinski definition) is 1. The molecule has 0 bridgehead atoms. The molecule has 114 valence electrons. The molecule has 3 fully saturated rings. The molecule has 4 rings (SSSR count). The Bertz CT molecular complexity index is 462. The normalized spacial score (nSPS) is 35.6. The summed E-state index contributed by atoms with van der Waals surface area (Å²) < 4.78 is 0. The smallest absolute Gasteiger partial charge is 0.0272 e. The molecule has 1 heterocycles. The number of rotatable bonds is 5. The molecule has 0 amide bonds. The van der Waals surface area contributed by atoms with Crippen molar-refractivity contribution in [3.63, 3.8) is 0 Å². The third-order valence-electron chi connectivity index (χ3n) is 6.52. The third kappa shape index (κ3) is 2.44. The second-order valence-electron chi connectivity index (χ2n) is 7.52. The zero-order valence-corrected chi connectivity index (χ0v) is 13.3. The molecule has 1 aliphatic heterocycles. The van der Waals surface area contributed by atoms with Gasteiger partial charge >= 0.3 is 0 Å². The molecule has 0 unspecified atom stereocenters. The van der Waals surface area contributed by atoms with E-state index in [-0.39, 0.29) is 0 Å². The highest BCUT2D eigenvalue weighted by atomic mass is 15.3. The number of piperidine rings is 1. The van der Waals surface area contributed by atoms with Gasteiger partial charge in [0.25, 0.3) is 0 Å². The minimum Gasteiger partial charge on any atom is -0.297 e. The highest BCUT2D eigenvalue weighted by Crippen LogP contribution is 2.66. The predicted molar refractivity (Wildman–Crippen MR) is 88.4 cm³/mol. The van der Waals surface area contributed by atoms with Crippen molar-refractivity contribution in [2.75, 3.05) is 13.1 Å². The van der Waals surface area contributed by atoms with Crippen molar-refractivity contribution in [2.45, 2.75) is 63.3 Å². The highest BCUT2D eigenvalue weighted by molar-refractivity contribution is 5.22. The summed E-state index contributed by atoms with van der Waals surface area (Å²) in [6, 6.07) is 11.1. The van der Waals surface area contributed by atoms with Crippen LogP contribution in [-0.4, -0.2) is 23.5 Å². The summed E-state index contributed by atoms with van der Waals surface area (Å²) in [4.78, 5) is 2.92. The second kappa shape index (κ2) is 5.76. The molecular weight excluding hydrogens is 254 g/mol. The van der Waals surface area contributed by atoms with Crippen LogP contribution in [0.2, 0.25) is 0 Å². The summed E-state index contributed by atoms with van der Waals surface area (Å²) in [7, 11) is 0. The molecule has 21 heavy (non-hydrogen) atoms. The van der Waals surface area contributed by atoms with E-state index in [0.29, 0.717) is 5.54 Å². The molecule has 1 saturated heterocycles. The standard InChI is InChI=1S/C20H29N/c1-3-9-17(10-4-1)11-7-12-18-19-13-8-14-20(18,19)21-15-5-2-6-16-21/h1,3-4,9-10,18-19H,2,5-8,11-16H2/t18-,19-,20+/m0/s1. The van der Waals surface area contributed by atoms with Crippen molar-refractivity contribution < 1.29 is 0 Å². The first-order chi connectivity index (χ1) is 10.4. The summed E-state index contributed by atoms with van der Waals surface area (Å²) in [6.07, 6.45) is 13.0. The molecule has 1 aromatic rings. The van der Waals surface area contributed by atoms with Gasteiger partial charge in [-0.25, -0.2) is 0 Å². The second-order valence-corrected chi connectivity index (χ2v) is 7.52. The van der Waals surface area contributed by atoms with Crippen LogP contribution in [0, 0.1) is 11.8 Å². The molecule has 0 aromatic heterocycles. The lowest BCUT2D eigenvalue weighted by molar-refractivity contribution is 0.126. The average Bonchev–Trinajstić information content (AvgIpc) is 2.94. The van der Waals surface area contributed by atoms with Crippen LogP contribution in [0.15, 0.2) is 30.3 Å². The molecule has 1 nitrogen and oxygen atoms in total. The molecule has 2 aliphatic carbocycles. The monoisotopic (exact) mass is 283 g/mol. The van der Waals surface area contributed by atoms with Gasteiger partial charge in [0.2, 0.25) is 0 Å². The van der Waals surface area contributed by atoms with E-state index >= 15 is 0 Å². The van der Waals surface area contributed by atoms with Gasteiger partial charge in [0.05, 0.1) is 0 Å². The van der Waals surface area contributed by atoms with Gasteiger partial charge in [0, 0.05) is 5.54 Å². The Morgan fingerprint density at radius 3 is 2.62 bits per heavy atom. The maximum absolute atomic E-state index is 2.92. The maximum atomic E-state index is 2.92. The van der Waals surface area contributed by atoms with E-state index in [2.05, 4.69) is 35.2 Å². The van der Waals surface area contributed by atoms with Crippen LogP contribution in [0.5, 0.6) is 0 Å². The minimum atomic E-state index is 0.678. The van der Waals surface area contributed by atoms with Crippen molar-refractivity contribution in [3.05, 3.63) is 35.9 Å². The van der Waals surface area contributed by atoms with Gasteiger partial charge < -0.3 is 0 Å². The molecule has 0 N–H and O–H groups in total. The van der Waals surface area contributed by atoms with Gasteiger partial charge in [-0.1, -0.05) is 43.2 Å². The number of hydrogen-bond donors (Lipinski definition) is 0. The van der Waals surface area contributed by atoms with Crippen LogP contribution in [0.1, 0.15) is 56.9 Å². The first-order valence-electron chi connectivity index (χ1n) is 9.20. The van der Waals surface area contributed by atoms with E-state index in [1.807, 2.05) is 0 Å². The summed E-state index contributed by atoms with van der Waals surface area (Å²) in [6.45, 7) is 2.79. The van der Waals surface area contributed by atoms with E-state index in [4.69, 9.17) is 0 Å². The van der Waals surface area contributed by atoms with Crippen LogP contribution in [-0.2, 0) is 6.42 Å². The topological polar surface area (TPSA) is 3.24 Å². The van der Waals surface area contributed by atoms with Gasteiger partial charge in [0.15, 0.2) is 0 Å². The lowest BCUT2D eigenvalue weighted by Crippen LogP contribution is -2.42. The van der Waals surface area contributed by atoms with Gasteiger partial charge in [-0.3, -0.25) is 4.90 Å². The number of aryl methyl sites for hydroxylation is 1. The Morgan fingerprint density at radius 1 is 1.00 bits per heavy atom. The number of benzene rings is 1. The molecule has 2 saturated carbocycles. The molecule has 0 spiro atoms. The molecule has 0 radical (unpaired) electrons. The average molecular weight is 283 g/mol. The van der Waals surface area contributed by atoms with E-state index in [1.165, 1.54) is 76.4 Å². The van der Waals surface area contributed by atoms with E-state index in [9.17, 15) is 0 Å². The maximum Gasteiger partial charge on any atom is 0.0272 e. The first-order valence-corrected chi connectivity index (χ1v) is 9.20. The van der Waals surface area contributed by atoms with Crippen LogP contribution < -0.4 is 0 Å². The molecule has 1 heteroatoms. The predicted octanol–water partition coefficient (Wildman–Crippen LogP) is 4.66. The number of nitrogens with zero attached hydrogens (tertiary/aromatic N) is 1. The van der Waals surface area contributed by atoms with E-state index < -0.39 is 0 Å². The van der Waals surface area contributed by atoms with Crippen LogP contribution in [0.25, 0.3) is 0 Å². The van der Waals surface area contributed by atoms with E-state index in [0.717, 1.165) is 11.8 Å². The van der Waals surface area contributed by atoms with Crippen molar-refractivity contribution in [1.29, 1.82) is 0 Å². The number of likely N-dealkylation sites (tertiary alicyclic amines) is 1. The van der Waals surface area contributed by atoms with Gasteiger partial charge in [0.1, 0.15) is 0 Å². The quantitative estimate of drug-likeness (QED) is 0.759. The Morgan fingerprint density at radius 2 is 1.81 bits per heavy atom. The lowest BCUT2D eigenvalue weighted by atomic mass is 9.98. The SMILES string of the molecule is c1ccc(CCC[C@H]2[C@@H]3CCC[C@@]23N2CCCCC2)cc1. The van der Waals surface area contributed by atoms with Gasteiger partial charge in [-0.05, 0) is 75.4 Å². The number of fused-ring (bicyclic) bond motifs is 1. The van der Waals surface area contributed by atoms with Crippen LogP contribution in [0.3, 0.4) is 0 Å². The Kier molecular flexibility index (Phi) is 3.79. The highest BCUT2D eigenvalue weighted by Gasteiger charge is 2.68. The van der Waals surface area contributed by atoms with Gasteiger partial charge in [-0.2, -0.15) is 0 Å². The summed E-state index contributed by atoms with van der Waals surface area (Å²) in [5.41, 5.74) is 2.20. The largest absolute Gasteiger partial charge is 0.297 e. The Hall–Kier alpha value is -0.820. The third-order valence-corrected chi connectivity index (χ3v) is 6.52. The van der Waals surface area contributed by atoms with Crippen molar-refractivity contribution >= 4 is 0 Å². The Labute approximate surface area is 129 Å². The summed E-state index contributed by atoms with van der Waals surface area (Å²) in [5.74, 6) is 2.10. The summed E-state index contributed by atoms with van der Waals surface area (Å²) in [5, 5.41) is 0. The molecule has 3 atom stereocenters. The van der Waals surface area contributed by atoms with Crippen molar-refractivity contribution in [1.82, 2.24) is 4.90 Å². The lowest BCUT2D eigenvalue weighted by Gasteiger charge is -2.35. The van der Waals surface area contributed by atoms with E-state index in [1.54, 1.807) is 0 Å². The fourth-order valence-electron chi connectivity index (χ4n) is 5.57.